The van der Waals surface area contributed by atoms with Crippen LogP contribution in [0.5, 0.6) is 5.75 Å². The Hall–Kier alpha value is -2.02. The van der Waals surface area contributed by atoms with E-state index in [0.717, 1.165) is 0 Å². The van der Waals surface area contributed by atoms with Crippen molar-refractivity contribution in [3.8, 4) is 5.75 Å². The summed E-state index contributed by atoms with van der Waals surface area (Å²) in [5, 5.41) is 2.62. The second-order valence-corrected chi connectivity index (χ2v) is 4.54. The molecule has 1 heterocycles. The van der Waals surface area contributed by atoms with Crippen molar-refractivity contribution in [3.05, 3.63) is 52.8 Å². The Kier molecular flexibility index (Phi) is 4.62. The molecule has 0 aliphatic rings. The summed E-state index contributed by atoms with van der Waals surface area (Å²) < 4.78 is 28.8. The van der Waals surface area contributed by atoms with Gasteiger partial charge in [-0.15, -0.1) is 0 Å². The van der Waals surface area contributed by atoms with Gasteiger partial charge in [0.15, 0.2) is 0 Å². The molecule has 0 radical (unpaired) electrons. The smallest absolute Gasteiger partial charge is 0.387 e. The van der Waals surface area contributed by atoms with Crippen LogP contribution in [-0.2, 0) is 0 Å². The average Bonchev–Trinajstić information content (AvgIpc) is 2.41. The molecule has 2 rings (SSSR count). The molecule has 0 aliphatic heterocycles. The zero-order valence-electron chi connectivity index (χ0n) is 10.0. The standard InChI is InChI=1S/C13H9BrF2N2O2/c14-11-6-1-8(7-17-11)12(19)18-9-2-4-10(5-3-9)20-13(15)16/h1-7,13H,(H,18,19). The molecular weight excluding hydrogens is 334 g/mol. The number of benzene rings is 1. The molecule has 4 nitrogen and oxygen atoms in total. The van der Waals surface area contributed by atoms with Crippen LogP contribution in [0.1, 0.15) is 10.4 Å². The van der Waals surface area contributed by atoms with Gasteiger partial charge in [-0.05, 0) is 52.3 Å². The van der Waals surface area contributed by atoms with Crippen LogP contribution in [0, 0.1) is 0 Å². The monoisotopic (exact) mass is 342 g/mol. The number of rotatable bonds is 4. The van der Waals surface area contributed by atoms with Crippen LogP contribution in [-0.4, -0.2) is 17.5 Å². The van der Waals surface area contributed by atoms with Crippen LogP contribution >= 0.6 is 15.9 Å². The summed E-state index contributed by atoms with van der Waals surface area (Å²) in [6.45, 7) is -2.87. The fraction of sp³-hybridized carbons (Fsp3) is 0.0769. The van der Waals surface area contributed by atoms with Gasteiger partial charge in [0.1, 0.15) is 10.4 Å². The van der Waals surface area contributed by atoms with Crippen molar-refractivity contribution in [2.45, 2.75) is 6.61 Å². The molecule has 0 saturated heterocycles. The van der Waals surface area contributed by atoms with Crippen molar-refractivity contribution in [2.24, 2.45) is 0 Å². The predicted molar refractivity (Wildman–Crippen MR) is 73.0 cm³/mol. The molecule has 0 bridgehead atoms. The van der Waals surface area contributed by atoms with Gasteiger partial charge in [-0.25, -0.2) is 4.98 Å². The number of ether oxygens (including phenoxy) is 1. The summed E-state index contributed by atoms with van der Waals surface area (Å²) in [7, 11) is 0. The van der Waals surface area contributed by atoms with E-state index < -0.39 is 6.61 Å². The molecule has 0 unspecified atom stereocenters. The minimum absolute atomic E-state index is 0.0308. The van der Waals surface area contributed by atoms with Gasteiger partial charge in [-0.3, -0.25) is 4.79 Å². The number of alkyl halides is 2. The number of nitrogens with zero attached hydrogens (tertiary/aromatic N) is 1. The molecule has 7 heteroatoms. The lowest BCUT2D eigenvalue weighted by Crippen LogP contribution is -2.12. The molecule has 0 saturated carbocycles. The Balaban J connectivity index is 2.02. The van der Waals surface area contributed by atoms with E-state index in [4.69, 9.17) is 0 Å². The summed E-state index contributed by atoms with van der Waals surface area (Å²) in [6.07, 6.45) is 1.42. The van der Waals surface area contributed by atoms with E-state index in [2.05, 4.69) is 31.0 Å². The van der Waals surface area contributed by atoms with Crippen LogP contribution in [0.4, 0.5) is 14.5 Å². The molecule has 1 amide bonds. The van der Waals surface area contributed by atoms with Crippen molar-refractivity contribution in [1.29, 1.82) is 0 Å². The zero-order valence-corrected chi connectivity index (χ0v) is 11.6. The first kappa shape index (κ1) is 14.4. The molecule has 20 heavy (non-hydrogen) atoms. The summed E-state index contributed by atoms with van der Waals surface area (Å²) >= 11 is 3.17. The highest BCUT2D eigenvalue weighted by Gasteiger charge is 2.07. The van der Waals surface area contributed by atoms with Gasteiger partial charge >= 0.3 is 6.61 Å². The highest BCUT2D eigenvalue weighted by Crippen LogP contribution is 2.18. The Morgan fingerprint density at radius 1 is 1.20 bits per heavy atom. The lowest BCUT2D eigenvalue weighted by Gasteiger charge is -2.07. The highest BCUT2D eigenvalue weighted by atomic mass is 79.9. The fourth-order valence-electron chi connectivity index (χ4n) is 1.43. The third kappa shape index (κ3) is 3.99. The number of hydrogen-bond donors (Lipinski definition) is 1. The van der Waals surface area contributed by atoms with Crippen LogP contribution < -0.4 is 10.1 Å². The molecule has 0 atom stereocenters. The number of amides is 1. The normalized spacial score (nSPS) is 10.4. The summed E-state index contributed by atoms with van der Waals surface area (Å²) in [5.74, 6) is -0.309. The van der Waals surface area contributed by atoms with Gasteiger partial charge in [-0.2, -0.15) is 8.78 Å². The van der Waals surface area contributed by atoms with E-state index in [-0.39, 0.29) is 11.7 Å². The van der Waals surface area contributed by atoms with E-state index in [9.17, 15) is 13.6 Å². The molecule has 1 aromatic heterocycles. The van der Waals surface area contributed by atoms with Crippen LogP contribution in [0.2, 0.25) is 0 Å². The molecule has 104 valence electrons. The van der Waals surface area contributed by atoms with Gasteiger partial charge in [0, 0.05) is 11.9 Å². The number of halogens is 3. The number of anilines is 1. The Labute approximate surface area is 121 Å². The van der Waals surface area contributed by atoms with E-state index in [1.54, 1.807) is 12.1 Å². The highest BCUT2D eigenvalue weighted by molar-refractivity contribution is 9.10. The zero-order chi connectivity index (χ0) is 14.5. The van der Waals surface area contributed by atoms with Crippen LogP contribution in [0.15, 0.2) is 47.2 Å². The first-order valence-corrected chi connectivity index (χ1v) is 6.31. The van der Waals surface area contributed by atoms with Crippen LogP contribution in [0.25, 0.3) is 0 Å². The number of aromatic nitrogens is 1. The topological polar surface area (TPSA) is 51.2 Å². The van der Waals surface area contributed by atoms with Gasteiger partial charge in [0.05, 0.1) is 5.56 Å². The van der Waals surface area contributed by atoms with Crippen molar-refractivity contribution >= 4 is 27.5 Å². The maximum Gasteiger partial charge on any atom is 0.387 e. The van der Waals surface area contributed by atoms with Gasteiger partial charge in [0.2, 0.25) is 0 Å². The molecule has 0 fully saturated rings. The number of nitrogens with one attached hydrogen (secondary N) is 1. The minimum Gasteiger partial charge on any atom is -0.435 e. The summed E-state index contributed by atoms with van der Waals surface area (Å²) in [5.41, 5.74) is 0.862. The molecule has 1 aromatic carbocycles. The molecular formula is C13H9BrF2N2O2. The maximum atomic E-state index is 12.0. The Bertz CT molecular complexity index is 588. The van der Waals surface area contributed by atoms with Gasteiger partial charge < -0.3 is 10.1 Å². The first-order chi connectivity index (χ1) is 9.54. The second kappa shape index (κ2) is 6.42. The third-order valence-corrected chi connectivity index (χ3v) is 2.80. The number of pyridine rings is 1. The van der Waals surface area contributed by atoms with Crippen molar-refractivity contribution in [3.63, 3.8) is 0 Å². The Morgan fingerprint density at radius 3 is 2.45 bits per heavy atom. The van der Waals surface area contributed by atoms with Crippen molar-refractivity contribution in [2.75, 3.05) is 5.32 Å². The molecule has 2 aromatic rings. The van der Waals surface area contributed by atoms with E-state index in [1.165, 1.54) is 30.5 Å². The van der Waals surface area contributed by atoms with E-state index in [1.807, 2.05) is 0 Å². The quantitative estimate of drug-likeness (QED) is 0.862. The molecule has 0 spiro atoms. The first-order valence-electron chi connectivity index (χ1n) is 5.52. The average molecular weight is 343 g/mol. The molecule has 1 N–H and O–H groups in total. The minimum atomic E-state index is -2.87. The third-order valence-electron chi connectivity index (χ3n) is 2.33. The van der Waals surface area contributed by atoms with E-state index >= 15 is 0 Å². The van der Waals surface area contributed by atoms with Crippen molar-refractivity contribution in [1.82, 2.24) is 4.98 Å². The lowest BCUT2D eigenvalue weighted by atomic mass is 10.2. The van der Waals surface area contributed by atoms with Gasteiger partial charge in [-0.1, -0.05) is 0 Å². The van der Waals surface area contributed by atoms with Gasteiger partial charge in [0.25, 0.3) is 5.91 Å². The van der Waals surface area contributed by atoms with Crippen molar-refractivity contribution < 1.29 is 18.3 Å². The largest absolute Gasteiger partial charge is 0.435 e. The Morgan fingerprint density at radius 2 is 1.90 bits per heavy atom. The predicted octanol–water partition coefficient (Wildman–Crippen LogP) is 3.70. The summed E-state index contributed by atoms with van der Waals surface area (Å²) in [4.78, 5) is 15.8. The van der Waals surface area contributed by atoms with E-state index in [0.29, 0.717) is 15.9 Å². The number of carbonyl (C=O) groups excluding carboxylic acids is 1. The van der Waals surface area contributed by atoms with Crippen LogP contribution in [0.3, 0.4) is 0 Å². The number of carbonyl (C=O) groups is 1. The second-order valence-electron chi connectivity index (χ2n) is 3.73. The molecule has 0 aliphatic carbocycles. The number of hydrogen-bond acceptors (Lipinski definition) is 3. The fourth-order valence-corrected chi connectivity index (χ4v) is 1.67. The lowest BCUT2D eigenvalue weighted by molar-refractivity contribution is -0.0498. The SMILES string of the molecule is O=C(Nc1ccc(OC(F)F)cc1)c1ccc(Br)nc1. The maximum absolute atomic E-state index is 12.0. The summed E-state index contributed by atoms with van der Waals surface area (Å²) in [6, 6.07) is 8.90.